The molecular weight excluding hydrogens is 393 g/mol. The zero-order valence-corrected chi connectivity index (χ0v) is 15.7. The van der Waals surface area contributed by atoms with E-state index in [4.69, 9.17) is 0 Å². The van der Waals surface area contributed by atoms with Crippen LogP contribution in [0.4, 0.5) is 4.39 Å². The summed E-state index contributed by atoms with van der Waals surface area (Å²) in [5.41, 5.74) is 1.32. The van der Waals surface area contributed by atoms with Crippen LogP contribution in [0.25, 0.3) is 0 Å². The van der Waals surface area contributed by atoms with Crippen LogP contribution in [0.5, 0.6) is 0 Å². The number of halogens is 2. The molecule has 0 saturated carbocycles. The molecule has 0 aromatic heterocycles. The van der Waals surface area contributed by atoms with Gasteiger partial charge < -0.3 is 5.32 Å². The lowest BCUT2D eigenvalue weighted by Crippen LogP contribution is -2.28. The van der Waals surface area contributed by atoms with E-state index in [1.54, 1.807) is 6.07 Å². The number of nitrogens with one attached hydrogen (secondary N) is 1. The number of carbonyl (C=O) groups excluding carboxylic acids is 2. The molecule has 24 heavy (non-hydrogen) atoms. The largest absolute Gasteiger partial charge is 0.349 e. The van der Waals surface area contributed by atoms with Crippen LogP contribution >= 0.6 is 27.7 Å². The summed E-state index contributed by atoms with van der Waals surface area (Å²) in [7, 11) is 0. The normalized spacial score (nSPS) is 11.8. The highest BCUT2D eigenvalue weighted by Crippen LogP contribution is 2.23. The van der Waals surface area contributed by atoms with Crippen LogP contribution in [0.1, 0.15) is 35.8 Å². The first-order chi connectivity index (χ1) is 11.4. The van der Waals surface area contributed by atoms with Gasteiger partial charge in [-0.05, 0) is 43.7 Å². The van der Waals surface area contributed by atoms with Crippen molar-refractivity contribution < 1.29 is 14.0 Å². The van der Waals surface area contributed by atoms with Crippen LogP contribution in [-0.2, 0) is 4.79 Å². The number of thioether (sulfide) groups is 1. The fourth-order valence-corrected chi connectivity index (χ4v) is 3.09. The van der Waals surface area contributed by atoms with E-state index in [2.05, 4.69) is 21.2 Å². The molecule has 1 amide bonds. The fraction of sp³-hybridized carbons (Fsp3) is 0.222. The smallest absolute Gasteiger partial charge is 0.230 e. The molecule has 2 rings (SSSR count). The van der Waals surface area contributed by atoms with E-state index in [0.29, 0.717) is 10.5 Å². The predicted octanol–water partition coefficient (Wildman–Crippen LogP) is 4.76. The Kier molecular flexibility index (Phi) is 6.57. The van der Waals surface area contributed by atoms with Crippen molar-refractivity contribution in [2.75, 3.05) is 5.75 Å². The average molecular weight is 410 g/mol. The molecule has 0 aliphatic rings. The summed E-state index contributed by atoms with van der Waals surface area (Å²) in [5, 5.41) is 2.88. The molecule has 0 aliphatic heterocycles. The highest BCUT2D eigenvalue weighted by Gasteiger charge is 2.12. The Morgan fingerprint density at radius 1 is 1.21 bits per heavy atom. The summed E-state index contributed by atoms with van der Waals surface area (Å²) in [4.78, 5) is 23.6. The number of ketones is 1. The molecule has 0 bridgehead atoms. The summed E-state index contributed by atoms with van der Waals surface area (Å²) >= 11 is 4.48. The lowest BCUT2D eigenvalue weighted by Gasteiger charge is -2.14. The van der Waals surface area contributed by atoms with Crippen molar-refractivity contribution in [3.8, 4) is 0 Å². The monoisotopic (exact) mass is 409 g/mol. The zero-order valence-electron chi connectivity index (χ0n) is 13.3. The molecule has 126 valence electrons. The molecule has 2 aromatic carbocycles. The highest BCUT2D eigenvalue weighted by atomic mass is 79.9. The highest BCUT2D eigenvalue weighted by molar-refractivity contribution is 9.10. The third kappa shape index (κ3) is 5.18. The van der Waals surface area contributed by atoms with Crippen molar-refractivity contribution in [3.63, 3.8) is 0 Å². The Bertz CT molecular complexity index is 749. The number of benzene rings is 2. The number of hydrogen-bond donors (Lipinski definition) is 1. The van der Waals surface area contributed by atoms with Crippen molar-refractivity contribution in [2.24, 2.45) is 0 Å². The van der Waals surface area contributed by atoms with Gasteiger partial charge in [0.05, 0.1) is 11.8 Å². The maximum atomic E-state index is 13.9. The van der Waals surface area contributed by atoms with Crippen LogP contribution in [0.2, 0.25) is 0 Å². The molecule has 0 saturated heterocycles. The number of rotatable bonds is 6. The number of carbonyl (C=O) groups is 2. The Morgan fingerprint density at radius 3 is 2.46 bits per heavy atom. The van der Waals surface area contributed by atoms with Gasteiger partial charge in [-0.3, -0.25) is 9.59 Å². The van der Waals surface area contributed by atoms with Crippen molar-refractivity contribution >= 4 is 39.4 Å². The van der Waals surface area contributed by atoms with E-state index < -0.39 is 5.82 Å². The van der Waals surface area contributed by atoms with Crippen molar-refractivity contribution in [3.05, 3.63) is 63.9 Å². The van der Waals surface area contributed by atoms with Gasteiger partial charge in [0.15, 0.2) is 5.78 Å². The first kappa shape index (κ1) is 18.7. The molecule has 1 N–H and O–H groups in total. The van der Waals surface area contributed by atoms with Gasteiger partial charge in [0, 0.05) is 14.9 Å². The molecule has 1 unspecified atom stereocenters. The maximum Gasteiger partial charge on any atom is 0.230 e. The molecule has 0 heterocycles. The minimum absolute atomic E-state index is 0.108. The van der Waals surface area contributed by atoms with Crippen LogP contribution in [-0.4, -0.2) is 17.4 Å². The van der Waals surface area contributed by atoms with Gasteiger partial charge >= 0.3 is 0 Å². The summed E-state index contributed by atoms with van der Waals surface area (Å²) in [5.74, 6) is -0.740. The van der Waals surface area contributed by atoms with Crippen LogP contribution in [0.15, 0.2) is 51.8 Å². The van der Waals surface area contributed by atoms with Gasteiger partial charge in [-0.25, -0.2) is 4.39 Å². The third-order valence-corrected chi connectivity index (χ3v) is 5.02. The van der Waals surface area contributed by atoms with E-state index in [1.165, 1.54) is 19.1 Å². The Labute approximate surface area is 153 Å². The Morgan fingerprint density at radius 2 is 1.88 bits per heavy atom. The summed E-state index contributed by atoms with van der Waals surface area (Å²) in [6.07, 6.45) is 0. The SMILES string of the molecule is CC(=O)c1ccc(SCC(=O)NC(C)c2ccc(Br)cc2)c(F)c1. The molecule has 0 spiro atoms. The number of Topliss-reactive ketones (excluding diaryl/α,β-unsaturated/α-hetero) is 1. The van der Waals surface area contributed by atoms with Crippen LogP contribution < -0.4 is 5.32 Å². The van der Waals surface area contributed by atoms with Crippen LogP contribution in [0, 0.1) is 5.82 Å². The van der Waals surface area contributed by atoms with Gasteiger partial charge in [0.1, 0.15) is 5.82 Å². The van der Waals surface area contributed by atoms with Gasteiger partial charge in [0.25, 0.3) is 0 Å². The quantitative estimate of drug-likeness (QED) is 0.552. The zero-order chi connectivity index (χ0) is 17.7. The predicted molar refractivity (Wildman–Crippen MR) is 97.8 cm³/mol. The van der Waals surface area contributed by atoms with Crippen LogP contribution in [0.3, 0.4) is 0 Å². The number of amides is 1. The molecule has 2 aromatic rings. The van der Waals surface area contributed by atoms with Crippen molar-refractivity contribution in [1.29, 1.82) is 0 Å². The van der Waals surface area contributed by atoms with Gasteiger partial charge in [-0.1, -0.05) is 34.1 Å². The standard InChI is InChI=1S/C18H17BrFNO2S/c1-11(13-3-6-15(19)7-4-13)21-18(23)10-24-17-8-5-14(12(2)22)9-16(17)20/h3-9,11H,10H2,1-2H3,(H,21,23). The van der Waals surface area contributed by atoms with E-state index in [1.807, 2.05) is 31.2 Å². The average Bonchev–Trinajstić information content (AvgIpc) is 2.54. The molecule has 0 aliphatic carbocycles. The molecule has 6 heteroatoms. The van der Waals surface area contributed by atoms with Gasteiger partial charge in [-0.15, -0.1) is 11.8 Å². The minimum Gasteiger partial charge on any atom is -0.349 e. The molecule has 0 fully saturated rings. The Balaban J connectivity index is 1.91. The first-order valence-electron chi connectivity index (χ1n) is 7.35. The van der Waals surface area contributed by atoms with Gasteiger partial charge in [-0.2, -0.15) is 0 Å². The second-order valence-electron chi connectivity index (χ2n) is 5.33. The Hall–Kier alpha value is -1.66. The van der Waals surface area contributed by atoms with E-state index in [-0.39, 0.29) is 23.5 Å². The van der Waals surface area contributed by atoms with Gasteiger partial charge in [0.2, 0.25) is 5.91 Å². The molecule has 3 nitrogen and oxygen atoms in total. The lowest BCUT2D eigenvalue weighted by molar-refractivity contribution is -0.119. The third-order valence-electron chi connectivity index (χ3n) is 3.44. The second-order valence-corrected chi connectivity index (χ2v) is 7.26. The van der Waals surface area contributed by atoms with Crippen molar-refractivity contribution in [2.45, 2.75) is 24.8 Å². The lowest BCUT2D eigenvalue weighted by atomic mass is 10.1. The molecule has 0 radical (unpaired) electrons. The fourth-order valence-electron chi connectivity index (χ4n) is 2.10. The number of hydrogen-bond acceptors (Lipinski definition) is 3. The summed E-state index contributed by atoms with van der Waals surface area (Å²) in [6, 6.07) is 11.9. The van der Waals surface area contributed by atoms with Crippen molar-refractivity contribution in [1.82, 2.24) is 5.32 Å². The van der Waals surface area contributed by atoms with E-state index in [9.17, 15) is 14.0 Å². The summed E-state index contributed by atoms with van der Waals surface area (Å²) in [6.45, 7) is 3.28. The van der Waals surface area contributed by atoms with E-state index in [0.717, 1.165) is 21.8 Å². The first-order valence-corrected chi connectivity index (χ1v) is 9.13. The molecule has 1 atom stereocenters. The summed E-state index contributed by atoms with van der Waals surface area (Å²) < 4.78 is 14.9. The second kappa shape index (κ2) is 8.44. The topological polar surface area (TPSA) is 46.2 Å². The minimum atomic E-state index is -0.485. The van der Waals surface area contributed by atoms with E-state index >= 15 is 0 Å². The molecular formula is C18H17BrFNO2S. The maximum absolute atomic E-state index is 13.9.